The Morgan fingerprint density at radius 2 is 0.986 bits per heavy atom. The lowest BCUT2D eigenvalue weighted by molar-refractivity contribution is -0.130. The van der Waals surface area contributed by atoms with E-state index in [0.717, 1.165) is 122 Å². The number of ether oxygens (including phenoxy) is 2. The molecule has 72 heavy (non-hydrogen) atoms. The number of rotatable bonds is 14. The number of carbonyl (C=O) groups is 2. The van der Waals surface area contributed by atoms with Crippen LogP contribution in [0.25, 0.3) is 0 Å². The largest absolute Gasteiger partial charge is 0.459 e. The molecule has 2 aromatic heterocycles. The maximum Gasteiger partial charge on any atom is 0.338 e. The molecule has 8 saturated carbocycles. The van der Waals surface area contributed by atoms with Gasteiger partial charge >= 0.3 is 11.9 Å². The molecule has 18 atom stereocenters. The molecule has 0 aliphatic heterocycles. The number of carbonyl (C=O) groups excluding carboxylic acids is 2. The van der Waals surface area contributed by atoms with E-state index in [0.29, 0.717) is 44.6 Å². The van der Waals surface area contributed by atoms with E-state index in [2.05, 4.69) is 74.6 Å². The predicted octanol–water partition coefficient (Wildman–Crippen LogP) is 14.1. The van der Waals surface area contributed by atoms with Gasteiger partial charge in [0.2, 0.25) is 0 Å². The van der Waals surface area contributed by atoms with Gasteiger partial charge in [-0.05, 0) is 266 Å². The van der Waals surface area contributed by atoms with Gasteiger partial charge in [-0.2, -0.15) is 0 Å². The van der Waals surface area contributed by atoms with Gasteiger partial charge in [-0.3, -0.25) is 9.36 Å². The Balaban J connectivity index is 0.647. The van der Waals surface area contributed by atoms with E-state index in [1.807, 2.05) is 41.4 Å². The van der Waals surface area contributed by atoms with Crippen molar-refractivity contribution in [3.8, 4) is 0 Å². The first-order chi connectivity index (χ1) is 34.6. The van der Waals surface area contributed by atoms with Crippen molar-refractivity contribution in [3.05, 3.63) is 59.2 Å². The molecule has 394 valence electrons. The van der Waals surface area contributed by atoms with E-state index in [1.165, 1.54) is 103 Å². The number of esters is 2. The van der Waals surface area contributed by atoms with Gasteiger partial charge in [0, 0.05) is 25.5 Å². The van der Waals surface area contributed by atoms with Crippen molar-refractivity contribution in [1.29, 1.82) is 0 Å². The number of benzene rings is 1. The Labute approximate surface area is 433 Å². The third-order valence-electron chi connectivity index (χ3n) is 24.0. The summed E-state index contributed by atoms with van der Waals surface area (Å²) in [7, 11) is 0. The molecule has 1 aromatic carbocycles. The van der Waals surface area contributed by atoms with Crippen LogP contribution >= 0.6 is 0 Å². The Hall–Kier alpha value is -3.56. The van der Waals surface area contributed by atoms with Crippen LogP contribution in [0.15, 0.2) is 36.7 Å². The molecular formula is C62H92N6O4. The molecular weight excluding hydrogens is 893 g/mol. The molecule has 10 heteroatoms. The van der Waals surface area contributed by atoms with Crippen LogP contribution in [0.1, 0.15) is 215 Å². The molecule has 11 rings (SSSR count). The van der Waals surface area contributed by atoms with Gasteiger partial charge in [0.1, 0.15) is 12.2 Å². The summed E-state index contributed by atoms with van der Waals surface area (Å²) < 4.78 is 16.8. The lowest BCUT2D eigenvalue weighted by atomic mass is 9.44. The fourth-order valence-corrected chi connectivity index (χ4v) is 20.4. The van der Waals surface area contributed by atoms with E-state index >= 15 is 0 Å². The van der Waals surface area contributed by atoms with Crippen LogP contribution in [0.2, 0.25) is 0 Å². The number of fused-ring (bicyclic) bond motifs is 10. The zero-order chi connectivity index (χ0) is 50.2. The molecule has 3 aromatic rings. The number of aryl methyl sites for hydroxylation is 4. The van der Waals surface area contributed by atoms with Crippen LogP contribution in [0.3, 0.4) is 0 Å². The van der Waals surface area contributed by atoms with Crippen molar-refractivity contribution in [3.63, 3.8) is 0 Å². The highest BCUT2D eigenvalue weighted by molar-refractivity contribution is 5.95. The molecule has 2 heterocycles. The van der Waals surface area contributed by atoms with E-state index in [-0.39, 0.29) is 24.1 Å². The molecule has 10 nitrogen and oxygen atoms in total. The fraction of sp³-hybridized carbons (Fsp3) is 0.806. The molecule has 0 bridgehead atoms. The van der Waals surface area contributed by atoms with Crippen molar-refractivity contribution < 1.29 is 19.1 Å². The van der Waals surface area contributed by atoms with Crippen molar-refractivity contribution >= 4 is 11.9 Å². The van der Waals surface area contributed by atoms with Gasteiger partial charge in [-0.15, -0.1) is 10.2 Å². The molecule has 8 fully saturated rings. The van der Waals surface area contributed by atoms with Crippen LogP contribution in [-0.2, 0) is 22.6 Å². The second-order valence-corrected chi connectivity index (χ2v) is 27.4. The minimum atomic E-state index is -0.294. The minimum absolute atomic E-state index is 0.0657. The summed E-state index contributed by atoms with van der Waals surface area (Å²) in [4.78, 5) is 27.8. The number of hydrogen-bond donors (Lipinski definition) is 0. The van der Waals surface area contributed by atoms with Crippen LogP contribution in [0, 0.1) is 107 Å². The Morgan fingerprint density at radius 3 is 1.40 bits per heavy atom. The highest BCUT2D eigenvalue weighted by Crippen LogP contribution is 2.70. The fourth-order valence-electron chi connectivity index (χ4n) is 20.4. The highest BCUT2D eigenvalue weighted by Gasteiger charge is 2.62. The maximum atomic E-state index is 13.9. The van der Waals surface area contributed by atoms with Crippen molar-refractivity contribution in [1.82, 2.24) is 30.0 Å². The van der Waals surface area contributed by atoms with Gasteiger partial charge in [0.25, 0.3) is 0 Å². The van der Waals surface area contributed by atoms with Crippen LogP contribution in [0.5, 0.6) is 0 Å². The summed E-state index contributed by atoms with van der Waals surface area (Å²) in [6.07, 6.45) is 31.2. The van der Waals surface area contributed by atoms with E-state index in [9.17, 15) is 9.59 Å². The lowest BCUT2D eigenvalue weighted by Gasteiger charge is -2.61. The van der Waals surface area contributed by atoms with Crippen molar-refractivity contribution in [2.24, 2.45) is 92.7 Å². The molecule has 0 amide bonds. The normalized spacial score (nSPS) is 40.9. The van der Waals surface area contributed by atoms with Gasteiger partial charge in [0.05, 0.1) is 22.5 Å². The van der Waals surface area contributed by atoms with E-state index < -0.39 is 0 Å². The van der Waals surface area contributed by atoms with Crippen molar-refractivity contribution in [2.45, 2.75) is 222 Å². The lowest BCUT2D eigenvalue weighted by Crippen LogP contribution is -2.54. The number of nitrogens with zero attached hydrogens (tertiary/aromatic N) is 6. The third kappa shape index (κ3) is 9.14. The van der Waals surface area contributed by atoms with Gasteiger partial charge in [0.15, 0.2) is 0 Å². The topological polar surface area (TPSA) is 114 Å². The monoisotopic (exact) mass is 985 g/mol. The first-order valence-corrected chi connectivity index (χ1v) is 29.8. The molecule has 16 unspecified atom stereocenters. The zero-order valence-electron chi connectivity index (χ0n) is 45.8. The van der Waals surface area contributed by atoms with Gasteiger partial charge in [-0.25, -0.2) is 9.59 Å². The summed E-state index contributed by atoms with van der Waals surface area (Å²) in [5.74, 6) is 8.62. The summed E-state index contributed by atoms with van der Waals surface area (Å²) in [6, 6.07) is 7.21. The molecule has 0 N–H and O–H groups in total. The first kappa shape index (κ1) is 50.6. The van der Waals surface area contributed by atoms with Crippen LogP contribution in [0.4, 0.5) is 0 Å². The second-order valence-electron chi connectivity index (χ2n) is 27.4. The molecule has 8 aliphatic carbocycles. The quantitative estimate of drug-likeness (QED) is 0.147. The molecule has 8 aliphatic rings. The van der Waals surface area contributed by atoms with Crippen LogP contribution < -0.4 is 0 Å². The summed E-state index contributed by atoms with van der Waals surface area (Å²) >= 11 is 0. The molecule has 0 radical (unpaired) electrons. The van der Waals surface area contributed by atoms with Crippen LogP contribution in [-0.4, -0.2) is 54.1 Å². The predicted molar refractivity (Wildman–Crippen MR) is 282 cm³/mol. The van der Waals surface area contributed by atoms with Gasteiger partial charge < -0.3 is 9.47 Å². The Kier molecular flexibility index (Phi) is 14.0. The zero-order valence-corrected chi connectivity index (χ0v) is 45.8. The second kappa shape index (κ2) is 19.9. The summed E-state index contributed by atoms with van der Waals surface area (Å²) in [5.41, 5.74) is 4.49. The molecule has 0 spiro atoms. The average Bonchev–Trinajstić information content (AvgIpc) is 4.16. The minimum Gasteiger partial charge on any atom is -0.459 e. The van der Waals surface area contributed by atoms with E-state index in [4.69, 9.17) is 9.47 Å². The third-order valence-corrected chi connectivity index (χ3v) is 24.0. The standard InChI is InChI=1S/C62H92N6O4/c1-39(12-10-32-67-37-41(3)63-65-67)51-20-22-53-49-18-16-45-35-47(24-28-59(45,5)55(49)26-30-61(51,53)7)71-57(69)43-14-9-15-44(34-43)58(70)72-48-25-29-60(6)46(36-48)17-19-50-54-23-21-52(62(54,8)31-27-56(50)60)40(2)13-11-33-68-38-42(4)64-66-68/h9,14-15,34,37-40,45-56H,10-13,16-33,35-36H2,1-8H3/t39-,40-,45?,46?,47?,48?,49?,50?,51?,52?,53?,54?,55?,56?,59?,60?,61?,62?/m1/s1. The van der Waals surface area contributed by atoms with Gasteiger partial charge in [-0.1, -0.05) is 58.0 Å². The smallest absolute Gasteiger partial charge is 0.338 e. The SMILES string of the molecule is Cc1cn(CCC[C@@H](C)C2CCC3C4CCC5CC(OC(=O)c6cccc(C(=O)OC7CCC8(C)C(CCC9C8CCC8(C)C9CCC8[C@H](C)CCCn8cc(C)nn8)C7)c6)CCC5(C)C4CCC32C)nn1. The average molecular weight is 985 g/mol. The Morgan fingerprint density at radius 1 is 0.569 bits per heavy atom. The summed E-state index contributed by atoms with van der Waals surface area (Å²) in [6.45, 7) is 21.6. The number of aromatic nitrogens is 6. The van der Waals surface area contributed by atoms with Crippen molar-refractivity contribution in [2.75, 3.05) is 0 Å². The maximum absolute atomic E-state index is 13.9. The summed E-state index contributed by atoms with van der Waals surface area (Å²) in [5, 5.41) is 17.0. The number of hydrogen-bond acceptors (Lipinski definition) is 8. The first-order valence-electron chi connectivity index (χ1n) is 29.8. The van der Waals surface area contributed by atoms with E-state index in [1.54, 1.807) is 6.07 Å². The molecule has 0 saturated heterocycles. The highest BCUT2D eigenvalue weighted by atomic mass is 16.5. The Bertz CT molecular complexity index is 2250.